The van der Waals surface area contributed by atoms with Gasteiger partial charge < -0.3 is 14.4 Å². The third-order valence-corrected chi connectivity index (χ3v) is 3.09. The smallest absolute Gasteiger partial charge is 0.308 e. The lowest BCUT2D eigenvalue weighted by atomic mass is 10.1. The van der Waals surface area contributed by atoms with Crippen molar-refractivity contribution in [3.05, 3.63) is 24.0 Å². The number of rotatable bonds is 3. The van der Waals surface area contributed by atoms with Gasteiger partial charge in [-0.2, -0.15) is 0 Å². The van der Waals surface area contributed by atoms with Gasteiger partial charge in [-0.1, -0.05) is 0 Å². The third-order valence-electron chi connectivity index (χ3n) is 3.09. The Hall–Kier alpha value is -1.62. The fraction of sp³-hybridized carbons (Fsp3) is 0.538. The fourth-order valence-corrected chi connectivity index (χ4v) is 2.15. The van der Waals surface area contributed by atoms with E-state index in [9.17, 15) is 4.79 Å². The highest BCUT2D eigenvalue weighted by Gasteiger charge is 2.24. The predicted octanol–water partition coefficient (Wildman–Crippen LogP) is 1.16. The van der Waals surface area contributed by atoms with E-state index in [1.807, 2.05) is 19.2 Å². The Balaban J connectivity index is 2.03. The monoisotopic (exact) mass is 250 g/mol. The molecule has 1 saturated heterocycles. The van der Waals surface area contributed by atoms with E-state index < -0.39 is 0 Å². The van der Waals surface area contributed by atoms with Gasteiger partial charge in [0.2, 0.25) is 0 Å². The molecular formula is C13H18N2O3. The Morgan fingerprint density at radius 2 is 2.50 bits per heavy atom. The molecule has 0 aromatic carbocycles. The SMILES string of the molecule is COC(=O)CC1CN(c2ccncc2C)CCO1. The van der Waals surface area contributed by atoms with Crippen molar-refractivity contribution in [2.75, 3.05) is 31.7 Å². The number of nitrogens with zero attached hydrogens (tertiary/aromatic N) is 2. The Morgan fingerprint density at radius 1 is 1.67 bits per heavy atom. The van der Waals surface area contributed by atoms with E-state index >= 15 is 0 Å². The average molecular weight is 250 g/mol. The first-order valence-corrected chi connectivity index (χ1v) is 6.04. The molecule has 98 valence electrons. The molecule has 0 radical (unpaired) electrons. The molecular weight excluding hydrogens is 232 g/mol. The molecule has 0 amide bonds. The second-order valence-electron chi connectivity index (χ2n) is 4.38. The first kappa shape index (κ1) is 12.8. The average Bonchev–Trinajstić information content (AvgIpc) is 2.39. The molecule has 1 aliphatic heterocycles. The number of methoxy groups -OCH3 is 1. The molecule has 5 nitrogen and oxygen atoms in total. The maximum atomic E-state index is 11.3. The molecule has 0 spiro atoms. The van der Waals surface area contributed by atoms with Crippen LogP contribution < -0.4 is 4.90 Å². The summed E-state index contributed by atoms with van der Waals surface area (Å²) in [7, 11) is 1.40. The fourth-order valence-electron chi connectivity index (χ4n) is 2.15. The lowest BCUT2D eigenvalue weighted by Crippen LogP contribution is -2.43. The highest BCUT2D eigenvalue weighted by atomic mass is 16.5. The van der Waals surface area contributed by atoms with Crippen LogP contribution in [0.5, 0.6) is 0 Å². The van der Waals surface area contributed by atoms with Crippen LogP contribution in [0, 0.1) is 6.92 Å². The van der Waals surface area contributed by atoms with Crippen LogP contribution in [-0.2, 0) is 14.3 Å². The van der Waals surface area contributed by atoms with Crippen LogP contribution in [0.3, 0.4) is 0 Å². The van der Waals surface area contributed by atoms with Crippen molar-refractivity contribution in [1.82, 2.24) is 4.98 Å². The van der Waals surface area contributed by atoms with Crippen LogP contribution in [0.15, 0.2) is 18.5 Å². The van der Waals surface area contributed by atoms with Crippen LogP contribution in [0.1, 0.15) is 12.0 Å². The van der Waals surface area contributed by atoms with Crippen LogP contribution in [-0.4, -0.2) is 43.9 Å². The molecule has 1 fully saturated rings. The molecule has 1 atom stereocenters. The molecule has 2 rings (SSSR count). The standard InChI is InChI=1S/C13H18N2O3/c1-10-8-14-4-3-12(10)15-5-6-18-11(9-15)7-13(16)17-2/h3-4,8,11H,5-7,9H2,1-2H3. The molecule has 0 N–H and O–H groups in total. The summed E-state index contributed by atoms with van der Waals surface area (Å²) in [6.07, 6.45) is 3.84. The summed E-state index contributed by atoms with van der Waals surface area (Å²) in [6, 6.07) is 2.00. The molecule has 0 aliphatic carbocycles. The van der Waals surface area contributed by atoms with Crippen molar-refractivity contribution >= 4 is 11.7 Å². The number of aromatic nitrogens is 1. The minimum Gasteiger partial charge on any atom is -0.469 e. The second kappa shape index (κ2) is 5.82. The minimum atomic E-state index is -0.228. The quantitative estimate of drug-likeness (QED) is 0.753. The number of ether oxygens (including phenoxy) is 2. The maximum absolute atomic E-state index is 11.3. The summed E-state index contributed by atoms with van der Waals surface area (Å²) in [4.78, 5) is 17.6. The maximum Gasteiger partial charge on any atom is 0.308 e. The number of morpholine rings is 1. The summed E-state index contributed by atoms with van der Waals surface area (Å²) in [5, 5.41) is 0. The Labute approximate surface area is 107 Å². The molecule has 1 aliphatic rings. The van der Waals surface area contributed by atoms with Gasteiger partial charge in [-0.25, -0.2) is 0 Å². The highest BCUT2D eigenvalue weighted by molar-refractivity contribution is 5.70. The zero-order valence-corrected chi connectivity index (χ0v) is 10.8. The van der Waals surface area contributed by atoms with E-state index in [1.54, 1.807) is 6.20 Å². The van der Waals surface area contributed by atoms with E-state index in [0.717, 1.165) is 17.8 Å². The van der Waals surface area contributed by atoms with Gasteiger partial charge in [0.15, 0.2) is 0 Å². The van der Waals surface area contributed by atoms with Crippen molar-refractivity contribution in [2.45, 2.75) is 19.4 Å². The van der Waals surface area contributed by atoms with Gasteiger partial charge in [0.05, 0.1) is 26.2 Å². The second-order valence-corrected chi connectivity index (χ2v) is 4.38. The van der Waals surface area contributed by atoms with E-state index in [-0.39, 0.29) is 12.1 Å². The summed E-state index contributed by atoms with van der Waals surface area (Å²) >= 11 is 0. The Bertz CT molecular complexity index is 422. The molecule has 18 heavy (non-hydrogen) atoms. The lowest BCUT2D eigenvalue weighted by Gasteiger charge is -2.34. The molecule has 1 unspecified atom stereocenters. The van der Waals surface area contributed by atoms with E-state index in [1.165, 1.54) is 7.11 Å². The number of hydrogen-bond acceptors (Lipinski definition) is 5. The molecule has 2 heterocycles. The number of carbonyl (C=O) groups excluding carboxylic acids is 1. The normalized spacial score (nSPS) is 19.7. The van der Waals surface area contributed by atoms with Gasteiger partial charge in [0, 0.05) is 31.2 Å². The zero-order chi connectivity index (χ0) is 13.0. The van der Waals surface area contributed by atoms with Crippen molar-refractivity contribution in [2.24, 2.45) is 0 Å². The van der Waals surface area contributed by atoms with E-state index in [2.05, 4.69) is 14.6 Å². The highest BCUT2D eigenvalue weighted by Crippen LogP contribution is 2.21. The summed E-state index contributed by atoms with van der Waals surface area (Å²) < 4.78 is 10.3. The van der Waals surface area contributed by atoms with Gasteiger partial charge in [0.1, 0.15) is 0 Å². The van der Waals surface area contributed by atoms with Gasteiger partial charge in [0.25, 0.3) is 0 Å². The van der Waals surface area contributed by atoms with E-state index in [0.29, 0.717) is 19.6 Å². The number of esters is 1. The first-order chi connectivity index (χ1) is 8.70. The Kier molecular flexibility index (Phi) is 4.15. The van der Waals surface area contributed by atoms with Crippen molar-refractivity contribution in [3.63, 3.8) is 0 Å². The number of hydrogen-bond donors (Lipinski definition) is 0. The van der Waals surface area contributed by atoms with Crippen LogP contribution in [0.2, 0.25) is 0 Å². The number of carbonyl (C=O) groups is 1. The first-order valence-electron chi connectivity index (χ1n) is 6.04. The van der Waals surface area contributed by atoms with Crippen molar-refractivity contribution in [3.8, 4) is 0 Å². The molecule has 0 saturated carbocycles. The minimum absolute atomic E-state index is 0.0984. The number of aryl methyl sites for hydroxylation is 1. The summed E-state index contributed by atoms with van der Waals surface area (Å²) in [5.74, 6) is -0.228. The van der Waals surface area contributed by atoms with Gasteiger partial charge in [-0.15, -0.1) is 0 Å². The lowest BCUT2D eigenvalue weighted by molar-refractivity contribution is -0.144. The van der Waals surface area contributed by atoms with Gasteiger partial charge >= 0.3 is 5.97 Å². The zero-order valence-electron chi connectivity index (χ0n) is 10.8. The predicted molar refractivity (Wildman–Crippen MR) is 67.6 cm³/mol. The largest absolute Gasteiger partial charge is 0.469 e. The molecule has 5 heteroatoms. The van der Waals surface area contributed by atoms with Gasteiger partial charge in [-0.3, -0.25) is 9.78 Å². The molecule has 1 aromatic heterocycles. The topological polar surface area (TPSA) is 51.7 Å². The number of pyridine rings is 1. The molecule has 1 aromatic rings. The van der Waals surface area contributed by atoms with E-state index in [4.69, 9.17) is 4.74 Å². The van der Waals surface area contributed by atoms with Crippen LogP contribution in [0.25, 0.3) is 0 Å². The third kappa shape index (κ3) is 2.98. The Morgan fingerprint density at radius 3 is 3.22 bits per heavy atom. The summed E-state index contributed by atoms with van der Waals surface area (Å²) in [6.45, 7) is 4.21. The molecule has 0 bridgehead atoms. The van der Waals surface area contributed by atoms with Crippen LogP contribution >= 0.6 is 0 Å². The van der Waals surface area contributed by atoms with Crippen molar-refractivity contribution in [1.29, 1.82) is 0 Å². The van der Waals surface area contributed by atoms with Gasteiger partial charge in [-0.05, 0) is 18.6 Å². The summed E-state index contributed by atoms with van der Waals surface area (Å²) in [5.41, 5.74) is 2.29. The van der Waals surface area contributed by atoms with Crippen molar-refractivity contribution < 1.29 is 14.3 Å². The number of anilines is 1. The van der Waals surface area contributed by atoms with Crippen LogP contribution in [0.4, 0.5) is 5.69 Å².